The van der Waals surface area contributed by atoms with Crippen molar-refractivity contribution in [1.82, 2.24) is 4.98 Å². The molecule has 4 nitrogen and oxygen atoms in total. The molecule has 2 aromatic carbocycles. The average molecular weight is 332 g/mol. The molecule has 3 aromatic rings. The van der Waals surface area contributed by atoms with E-state index in [0.29, 0.717) is 17.9 Å². The Bertz CT molecular complexity index is 830. The molecule has 0 aliphatic rings. The highest BCUT2D eigenvalue weighted by Gasteiger charge is 2.07. The summed E-state index contributed by atoms with van der Waals surface area (Å²) in [5.41, 5.74) is 3.74. The van der Waals surface area contributed by atoms with Crippen LogP contribution in [-0.2, 0) is 6.42 Å². The molecule has 0 aliphatic heterocycles. The van der Waals surface area contributed by atoms with E-state index in [1.165, 1.54) is 11.1 Å². The summed E-state index contributed by atoms with van der Waals surface area (Å²) in [5.74, 6) is 0.547. The summed E-state index contributed by atoms with van der Waals surface area (Å²) in [5, 5.41) is 2.91. The van der Waals surface area contributed by atoms with Crippen LogP contribution in [0.1, 0.15) is 28.4 Å². The number of nitrogens with one attached hydrogen (secondary N) is 1. The maximum absolute atomic E-state index is 12.4. The van der Waals surface area contributed by atoms with E-state index in [9.17, 15) is 4.79 Å². The van der Waals surface area contributed by atoms with Crippen molar-refractivity contribution in [2.45, 2.75) is 13.3 Å². The summed E-state index contributed by atoms with van der Waals surface area (Å²) < 4.78 is 5.43. The van der Waals surface area contributed by atoms with Crippen molar-refractivity contribution in [2.24, 2.45) is 0 Å². The fourth-order valence-corrected chi connectivity index (χ4v) is 2.54. The smallest absolute Gasteiger partial charge is 0.255 e. The zero-order valence-electron chi connectivity index (χ0n) is 14.1. The van der Waals surface area contributed by atoms with Crippen LogP contribution in [-0.4, -0.2) is 17.5 Å². The Morgan fingerprint density at radius 1 is 1.00 bits per heavy atom. The van der Waals surface area contributed by atoms with Gasteiger partial charge in [-0.15, -0.1) is 0 Å². The molecule has 0 spiro atoms. The summed E-state index contributed by atoms with van der Waals surface area (Å²) in [7, 11) is 0. The lowest BCUT2D eigenvalue weighted by atomic mass is 10.1. The van der Waals surface area contributed by atoms with E-state index in [2.05, 4.69) is 10.3 Å². The molecule has 0 atom stereocenters. The largest absolute Gasteiger partial charge is 0.494 e. The second-order valence-corrected chi connectivity index (χ2v) is 5.64. The third-order valence-corrected chi connectivity index (χ3v) is 3.78. The van der Waals surface area contributed by atoms with Gasteiger partial charge >= 0.3 is 0 Å². The van der Waals surface area contributed by atoms with Crippen molar-refractivity contribution in [3.8, 4) is 5.75 Å². The van der Waals surface area contributed by atoms with Crippen LogP contribution < -0.4 is 10.1 Å². The van der Waals surface area contributed by atoms with Crippen LogP contribution in [0.15, 0.2) is 73.1 Å². The Labute approximate surface area is 147 Å². The fraction of sp³-hybridized carbons (Fsp3) is 0.143. The maximum atomic E-state index is 12.4. The molecule has 3 rings (SSSR count). The van der Waals surface area contributed by atoms with E-state index in [1.54, 1.807) is 24.5 Å². The SMILES string of the molecule is CCOc1cccc(C(=O)Nc2ccc(Cc3ccncc3)cc2)c1. The number of carbonyl (C=O) groups excluding carboxylic acids is 1. The second-order valence-electron chi connectivity index (χ2n) is 5.64. The molecule has 126 valence electrons. The highest BCUT2D eigenvalue weighted by atomic mass is 16.5. The molecular formula is C21H20N2O2. The predicted molar refractivity (Wildman–Crippen MR) is 99.0 cm³/mol. The summed E-state index contributed by atoms with van der Waals surface area (Å²) >= 11 is 0. The molecule has 0 radical (unpaired) electrons. The molecule has 25 heavy (non-hydrogen) atoms. The number of anilines is 1. The topological polar surface area (TPSA) is 51.2 Å². The van der Waals surface area contributed by atoms with Crippen molar-refractivity contribution in [1.29, 1.82) is 0 Å². The van der Waals surface area contributed by atoms with Gasteiger partial charge in [0.25, 0.3) is 5.91 Å². The molecule has 0 fully saturated rings. The van der Waals surface area contributed by atoms with Crippen LogP contribution in [0, 0.1) is 0 Å². The number of amides is 1. The minimum atomic E-state index is -0.150. The highest BCUT2D eigenvalue weighted by molar-refractivity contribution is 6.04. The normalized spacial score (nSPS) is 10.3. The van der Waals surface area contributed by atoms with Crippen molar-refractivity contribution in [3.63, 3.8) is 0 Å². The Morgan fingerprint density at radius 3 is 2.44 bits per heavy atom. The summed E-state index contributed by atoms with van der Waals surface area (Å²) in [6.07, 6.45) is 4.42. The Morgan fingerprint density at radius 2 is 1.72 bits per heavy atom. The van der Waals surface area contributed by atoms with Gasteiger partial charge in [0.2, 0.25) is 0 Å². The molecule has 1 heterocycles. The van der Waals surface area contributed by atoms with Crippen LogP contribution in [0.3, 0.4) is 0 Å². The number of rotatable bonds is 6. The number of aromatic nitrogens is 1. The number of hydrogen-bond donors (Lipinski definition) is 1. The first-order chi connectivity index (χ1) is 12.2. The first kappa shape index (κ1) is 16.7. The first-order valence-electron chi connectivity index (χ1n) is 8.26. The number of benzene rings is 2. The van der Waals surface area contributed by atoms with E-state index in [1.807, 2.05) is 55.5 Å². The van der Waals surface area contributed by atoms with Crippen molar-refractivity contribution < 1.29 is 9.53 Å². The molecule has 0 saturated carbocycles. The Balaban J connectivity index is 1.65. The van der Waals surface area contributed by atoms with Gasteiger partial charge in [-0.05, 0) is 66.9 Å². The lowest BCUT2D eigenvalue weighted by Crippen LogP contribution is -2.12. The third kappa shape index (κ3) is 4.67. The summed E-state index contributed by atoms with van der Waals surface area (Å²) in [4.78, 5) is 16.4. The van der Waals surface area contributed by atoms with Gasteiger partial charge in [0, 0.05) is 23.6 Å². The Hall–Kier alpha value is -3.14. The molecule has 0 saturated heterocycles. The number of ether oxygens (including phenoxy) is 1. The van der Waals surface area contributed by atoms with Crippen molar-refractivity contribution >= 4 is 11.6 Å². The van der Waals surface area contributed by atoms with Gasteiger partial charge in [-0.2, -0.15) is 0 Å². The first-order valence-corrected chi connectivity index (χ1v) is 8.26. The van der Waals surface area contributed by atoms with E-state index >= 15 is 0 Å². The second kappa shape index (κ2) is 8.11. The zero-order chi connectivity index (χ0) is 17.5. The molecule has 0 aliphatic carbocycles. The van der Waals surface area contributed by atoms with Crippen LogP contribution in [0.5, 0.6) is 5.75 Å². The number of pyridine rings is 1. The van der Waals surface area contributed by atoms with Crippen LogP contribution in [0.4, 0.5) is 5.69 Å². The molecule has 1 amide bonds. The molecule has 1 N–H and O–H groups in total. The van der Waals surface area contributed by atoms with Gasteiger partial charge in [0.15, 0.2) is 0 Å². The minimum Gasteiger partial charge on any atom is -0.494 e. The number of hydrogen-bond acceptors (Lipinski definition) is 3. The van der Waals surface area contributed by atoms with Crippen LogP contribution >= 0.6 is 0 Å². The van der Waals surface area contributed by atoms with Gasteiger partial charge in [-0.25, -0.2) is 0 Å². The molecule has 0 bridgehead atoms. The van der Waals surface area contributed by atoms with Gasteiger partial charge in [0.1, 0.15) is 5.75 Å². The van der Waals surface area contributed by atoms with E-state index < -0.39 is 0 Å². The third-order valence-electron chi connectivity index (χ3n) is 3.78. The van der Waals surface area contributed by atoms with Gasteiger partial charge in [-0.1, -0.05) is 18.2 Å². The standard InChI is InChI=1S/C21H20N2O2/c1-2-25-20-5-3-4-18(15-20)21(24)23-19-8-6-16(7-9-19)14-17-10-12-22-13-11-17/h3-13,15H,2,14H2,1H3,(H,23,24). The van der Waals surface area contributed by atoms with Gasteiger partial charge in [-0.3, -0.25) is 9.78 Å². The maximum Gasteiger partial charge on any atom is 0.255 e. The fourth-order valence-electron chi connectivity index (χ4n) is 2.54. The zero-order valence-corrected chi connectivity index (χ0v) is 14.1. The number of carbonyl (C=O) groups is 1. The predicted octanol–water partition coefficient (Wildman–Crippen LogP) is 4.32. The van der Waals surface area contributed by atoms with E-state index in [4.69, 9.17) is 4.74 Å². The Kier molecular flexibility index (Phi) is 5.42. The van der Waals surface area contributed by atoms with Gasteiger partial charge < -0.3 is 10.1 Å². The summed E-state index contributed by atoms with van der Waals surface area (Å²) in [6.45, 7) is 2.49. The molecular weight excluding hydrogens is 312 g/mol. The van der Waals surface area contributed by atoms with E-state index in [0.717, 1.165) is 12.1 Å². The van der Waals surface area contributed by atoms with E-state index in [-0.39, 0.29) is 5.91 Å². The molecule has 4 heteroatoms. The average Bonchev–Trinajstić information content (AvgIpc) is 2.65. The van der Waals surface area contributed by atoms with Crippen molar-refractivity contribution in [3.05, 3.63) is 89.7 Å². The quantitative estimate of drug-likeness (QED) is 0.731. The van der Waals surface area contributed by atoms with Crippen LogP contribution in [0.2, 0.25) is 0 Å². The minimum absolute atomic E-state index is 0.150. The summed E-state index contributed by atoms with van der Waals surface area (Å²) in [6, 6.07) is 19.1. The number of nitrogens with zero attached hydrogens (tertiary/aromatic N) is 1. The van der Waals surface area contributed by atoms with Gasteiger partial charge in [0.05, 0.1) is 6.61 Å². The van der Waals surface area contributed by atoms with Crippen molar-refractivity contribution in [2.75, 3.05) is 11.9 Å². The molecule has 0 unspecified atom stereocenters. The lowest BCUT2D eigenvalue weighted by molar-refractivity contribution is 0.102. The highest BCUT2D eigenvalue weighted by Crippen LogP contribution is 2.17. The monoisotopic (exact) mass is 332 g/mol. The molecule has 1 aromatic heterocycles. The lowest BCUT2D eigenvalue weighted by Gasteiger charge is -2.08. The van der Waals surface area contributed by atoms with Crippen LogP contribution in [0.25, 0.3) is 0 Å².